The number of carbonyl (C=O) groups excluding carboxylic acids is 1. The predicted molar refractivity (Wildman–Crippen MR) is 83.2 cm³/mol. The van der Waals surface area contributed by atoms with Gasteiger partial charge in [-0.2, -0.15) is 5.10 Å². The van der Waals surface area contributed by atoms with Crippen LogP contribution in [0.2, 0.25) is 0 Å². The lowest BCUT2D eigenvalue weighted by Gasteiger charge is -2.19. The molecule has 0 fully saturated rings. The zero-order valence-corrected chi connectivity index (χ0v) is 13.9. The molecule has 2 aromatic heterocycles. The molecule has 0 saturated heterocycles. The van der Waals surface area contributed by atoms with Crippen LogP contribution in [0.5, 0.6) is 0 Å². The summed E-state index contributed by atoms with van der Waals surface area (Å²) in [5.74, 6) is 0.615. The Bertz CT molecular complexity index is 601. The van der Waals surface area contributed by atoms with E-state index >= 15 is 0 Å². The molecule has 2 aromatic rings. The van der Waals surface area contributed by atoms with E-state index in [2.05, 4.69) is 26.3 Å². The Hall–Kier alpha value is -1.34. The number of rotatable bonds is 3. The molecule has 108 valence electrons. The van der Waals surface area contributed by atoms with Gasteiger partial charge in [0.25, 0.3) is 0 Å². The summed E-state index contributed by atoms with van der Waals surface area (Å²) in [5.41, 5.74) is -0.520. The van der Waals surface area contributed by atoms with E-state index in [1.165, 1.54) is 0 Å². The molecular weight excluding hydrogens is 342 g/mol. The molecule has 0 aliphatic carbocycles. The van der Waals surface area contributed by atoms with Gasteiger partial charge in [-0.05, 0) is 48.8 Å². The van der Waals surface area contributed by atoms with Gasteiger partial charge in [-0.25, -0.2) is 9.48 Å². The molecule has 0 aromatic carbocycles. The second kappa shape index (κ2) is 5.97. The Morgan fingerprint density at radius 1 is 1.45 bits per heavy atom. The second-order valence-corrected chi connectivity index (χ2v) is 7.75. The first-order valence-corrected chi connectivity index (χ1v) is 7.70. The Morgan fingerprint density at radius 2 is 2.20 bits per heavy atom. The lowest BCUT2D eigenvalue weighted by atomic mass is 10.2. The quantitative estimate of drug-likeness (QED) is 0.899. The highest BCUT2D eigenvalue weighted by molar-refractivity contribution is 9.11. The second-order valence-electron chi connectivity index (χ2n) is 5.21. The maximum absolute atomic E-state index is 11.8. The van der Waals surface area contributed by atoms with Gasteiger partial charge in [-0.1, -0.05) is 0 Å². The van der Waals surface area contributed by atoms with Crippen LogP contribution in [0.25, 0.3) is 0 Å². The van der Waals surface area contributed by atoms with Gasteiger partial charge in [-0.3, -0.25) is 5.32 Å². The fourth-order valence-corrected chi connectivity index (χ4v) is 3.02. The van der Waals surface area contributed by atoms with Gasteiger partial charge in [0.05, 0.1) is 16.5 Å². The van der Waals surface area contributed by atoms with E-state index in [0.29, 0.717) is 12.4 Å². The fourth-order valence-electron chi connectivity index (χ4n) is 1.56. The van der Waals surface area contributed by atoms with Gasteiger partial charge >= 0.3 is 6.09 Å². The Labute approximate surface area is 130 Å². The normalized spacial score (nSPS) is 11.4. The van der Waals surface area contributed by atoms with Crippen molar-refractivity contribution in [2.24, 2.45) is 0 Å². The molecule has 1 N–H and O–H groups in total. The van der Waals surface area contributed by atoms with Crippen molar-refractivity contribution in [3.05, 3.63) is 33.1 Å². The molecule has 20 heavy (non-hydrogen) atoms. The number of hydrogen-bond donors (Lipinski definition) is 1. The van der Waals surface area contributed by atoms with Crippen molar-refractivity contribution in [2.75, 3.05) is 5.32 Å². The van der Waals surface area contributed by atoms with E-state index in [1.807, 2.05) is 32.9 Å². The summed E-state index contributed by atoms with van der Waals surface area (Å²) in [5, 5.41) is 6.91. The third kappa shape index (κ3) is 4.35. The van der Waals surface area contributed by atoms with Gasteiger partial charge in [0, 0.05) is 10.9 Å². The average molecular weight is 358 g/mol. The van der Waals surface area contributed by atoms with E-state index in [-0.39, 0.29) is 0 Å². The van der Waals surface area contributed by atoms with Crippen molar-refractivity contribution in [3.63, 3.8) is 0 Å². The third-order valence-corrected chi connectivity index (χ3v) is 3.89. The molecule has 0 aliphatic rings. The minimum Gasteiger partial charge on any atom is -0.444 e. The monoisotopic (exact) mass is 357 g/mol. The molecule has 0 radical (unpaired) electrons. The lowest BCUT2D eigenvalue weighted by molar-refractivity contribution is 0.0634. The summed E-state index contributed by atoms with van der Waals surface area (Å²) in [4.78, 5) is 12.9. The first-order chi connectivity index (χ1) is 9.33. The SMILES string of the molecule is CC(C)(C)OC(=O)Nc1ccnn1Cc1ccc(Br)s1. The largest absolute Gasteiger partial charge is 0.444 e. The standard InChI is InChI=1S/C13H16BrN3O2S/c1-13(2,3)19-12(18)16-11-6-7-15-17(11)8-9-4-5-10(14)20-9/h4-7H,8H2,1-3H3,(H,16,18). The third-order valence-electron chi connectivity index (χ3n) is 2.28. The Morgan fingerprint density at radius 3 is 2.80 bits per heavy atom. The fraction of sp³-hybridized carbons (Fsp3) is 0.385. The molecule has 0 atom stereocenters. The molecule has 1 amide bonds. The molecule has 5 nitrogen and oxygen atoms in total. The van der Waals surface area contributed by atoms with Crippen molar-refractivity contribution in [1.29, 1.82) is 0 Å². The van der Waals surface area contributed by atoms with E-state index < -0.39 is 11.7 Å². The molecule has 2 rings (SSSR count). The van der Waals surface area contributed by atoms with E-state index in [0.717, 1.165) is 8.66 Å². The number of halogens is 1. The van der Waals surface area contributed by atoms with Crippen LogP contribution in [0.1, 0.15) is 25.6 Å². The average Bonchev–Trinajstić information content (AvgIpc) is 2.87. The zero-order valence-electron chi connectivity index (χ0n) is 11.5. The number of carbonyl (C=O) groups is 1. The lowest BCUT2D eigenvalue weighted by Crippen LogP contribution is -2.28. The molecule has 0 spiro atoms. The van der Waals surface area contributed by atoms with Crippen molar-refractivity contribution < 1.29 is 9.53 Å². The number of amides is 1. The molecule has 0 saturated carbocycles. The number of nitrogens with one attached hydrogen (secondary N) is 1. The van der Waals surface area contributed by atoms with Gasteiger partial charge < -0.3 is 4.74 Å². The maximum Gasteiger partial charge on any atom is 0.413 e. The molecular formula is C13H16BrN3O2S. The van der Waals surface area contributed by atoms with E-state index in [4.69, 9.17) is 4.74 Å². The summed E-state index contributed by atoms with van der Waals surface area (Å²) >= 11 is 5.06. The van der Waals surface area contributed by atoms with E-state index in [1.54, 1.807) is 28.3 Å². The van der Waals surface area contributed by atoms with Crippen LogP contribution in [0.3, 0.4) is 0 Å². The smallest absolute Gasteiger partial charge is 0.413 e. The molecule has 2 heterocycles. The Kier molecular flexibility index (Phi) is 4.49. The van der Waals surface area contributed by atoms with Crippen LogP contribution < -0.4 is 5.32 Å². The minimum absolute atomic E-state index is 0.480. The van der Waals surface area contributed by atoms with E-state index in [9.17, 15) is 4.79 Å². The summed E-state index contributed by atoms with van der Waals surface area (Å²) < 4.78 is 8.02. The summed E-state index contributed by atoms with van der Waals surface area (Å²) in [6, 6.07) is 5.75. The van der Waals surface area contributed by atoms with Gasteiger partial charge in [0.15, 0.2) is 0 Å². The number of thiophene rings is 1. The highest BCUT2D eigenvalue weighted by Gasteiger charge is 2.17. The number of hydrogen-bond acceptors (Lipinski definition) is 4. The van der Waals surface area contributed by atoms with Crippen molar-refractivity contribution in [3.8, 4) is 0 Å². The van der Waals surface area contributed by atoms with Gasteiger partial charge in [0.1, 0.15) is 11.4 Å². The first kappa shape index (κ1) is 15.1. The van der Waals surface area contributed by atoms with Crippen molar-refractivity contribution >= 4 is 39.2 Å². The molecule has 0 aliphatic heterocycles. The van der Waals surface area contributed by atoms with Crippen LogP contribution in [-0.2, 0) is 11.3 Å². The van der Waals surface area contributed by atoms with Crippen LogP contribution in [0.4, 0.5) is 10.6 Å². The summed E-state index contributed by atoms with van der Waals surface area (Å²) in [6.45, 7) is 6.08. The van der Waals surface area contributed by atoms with Gasteiger partial charge in [-0.15, -0.1) is 11.3 Å². The summed E-state index contributed by atoms with van der Waals surface area (Å²) in [7, 11) is 0. The van der Waals surface area contributed by atoms with Crippen molar-refractivity contribution in [2.45, 2.75) is 32.9 Å². The van der Waals surface area contributed by atoms with Crippen molar-refractivity contribution in [1.82, 2.24) is 9.78 Å². The highest BCUT2D eigenvalue weighted by Crippen LogP contribution is 2.23. The van der Waals surface area contributed by atoms with Crippen LogP contribution in [-0.4, -0.2) is 21.5 Å². The first-order valence-electron chi connectivity index (χ1n) is 6.09. The number of aromatic nitrogens is 2. The predicted octanol–water partition coefficient (Wildman–Crippen LogP) is 4.10. The number of nitrogens with zero attached hydrogens (tertiary/aromatic N) is 2. The maximum atomic E-state index is 11.8. The minimum atomic E-state index is -0.520. The van der Waals surface area contributed by atoms with Crippen LogP contribution in [0.15, 0.2) is 28.2 Å². The van der Waals surface area contributed by atoms with Crippen LogP contribution in [0, 0.1) is 0 Å². The number of ether oxygens (including phenoxy) is 1. The molecule has 0 bridgehead atoms. The highest BCUT2D eigenvalue weighted by atomic mass is 79.9. The Balaban J connectivity index is 2.03. The number of anilines is 1. The summed E-state index contributed by atoms with van der Waals surface area (Å²) in [6.07, 6.45) is 1.17. The van der Waals surface area contributed by atoms with Crippen LogP contribution >= 0.6 is 27.3 Å². The zero-order chi connectivity index (χ0) is 14.8. The van der Waals surface area contributed by atoms with Gasteiger partial charge in [0.2, 0.25) is 0 Å². The molecule has 0 unspecified atom stereocenters. The molecule has 7 heteroatoms. The topological polar surface area (TPSA) is 56.1 Å².